The molecule has 2 atom stereocenters. The molecule has 4 aliphatic rings. The first kappa shape index (κ1) is 24.6. The number of allylic oxidation sites excluding steroid dienone is 3. The lowest BCUT2D eigenvalue weighted by molar-refractivity contribution is -0.277. The molecule has 2 fully saturated rings. The average molecular weight is 524 g/mol. The zero-order valence-electron chi connectivity index (χ0n) is 20.6. The van der Waals surface area contributed by atoms with Crippen LogP contribution in [0, 0.1) is 17.6 Å². The molecule has 1 aliphatic carbocycles. The number of likely N-dealkylation sites (tertiary alicyclic amines) is 1. The van der Waals surface area contributed by atoms with Crippen molar-refractivity contribution in [3.8, 4) is 0 Å². The van der Waals surface area contributed by atoms with Gasteiger partial charge in [-0.05, 0) is 60.2 Å². The molecule has 198 valence electrons. The third kappa shape index (κ3) is 4.67. The normalized spacial score (nSPS) is 24.6. The van der Waals surface area contributed by atoms with Gasteiger partial charge in [-0.3, -0.25) is 0 Å². The van der Waals surface area contributed by atoms with E-state index in [0.29, 0.717) is 31.9 Å². The predicted octanol–water partition coefficient (Wildman–Crippen LogP) is 4.54. The maximum Gasteiger partial charge on any atom is 0.421 e. The lowest BCUT2D eigenvalue weighted by Crippen LogP contribution is -2.58. The van der Waals surface area contributed by atoms with Crippen LogP contribution in [0.15, 0.2) is 72.2 Å². The Morgan fingerprint density at radius 3 is 2.21 bits per heavy atom. The summed E-state index contributed by atoms with van der Waals surface area (Å²) in [5, 5.41) is 0. The molecule has 3 aliphatic heterocycles. The summed E-state index contributed by atoms with van der Waals surface area (Å²) in [6.07, 6.45) is 6.11. The number of piperidine rings is 1. The summed E-state index contributed by atoms with van der Waals surface area (Å²) >= 11 is 0. The molecule has 9 heteroatoms. The highest BCUT2D eigenvalue weighted by Crippen LogP contribution is 2.46. The van der Waals surface area contributed by atoms with Crippen molar-refractivity contribution in [1.82, 2.24) is 4.90 Å². The third-order valence-electron chi connectivity index (χ3n) is 7.62. The SMILES string of the molecule is O=C1OC2(CC(C(c3ccc(F)cc3)c3ccc(F)cc3)CCN2CC2COC3=C(C=CCC3)O2)OC1=O. The van der Waals surface area contributed by atoms with Crippen molar-refractivity contribution in [1.29, 1.82) is 0 Å². The molecule has 0 saturated carbocycles. The van der Waals surface area contributed by atoms with Gasteiger partial charge in [0.2, 0.25) is 0 Å². The molecular weight excluding hydrogens is 496 g/mol. The van der Waals surface area contributed by atoms with E-state index in [4.69, 9.17) is 18.9 Å². The second-order valence-electron chi connectivity index (χ2n) is 10.1. The van der Waals surface area contributed by atoms with Crippen LogP contribution in [0.1, 0.15) is 42.7 Å². The molecule has 0 amide bonds. The van der Waals surface area contributed by atoms with Crippen molar-refractivity contribution in [2.45, 2.75) is 43.6 Å². The van der Waals surface area contributed by atoms with E-state index in [1.807, 2.05) is 17.1 Å². The van der Waals surface area contributed by atoms with E-state index >= 15 is 0 Å². The standard InChI is InChI=1S/C29H27F2NO6/c30-21-9-5-18(6-10-21)26(19-7-11-22(31)12-8-19)20-13-14-32(29(15-20)37-27(33)28(34)38-29)16-23-17-35-24-3-1-2-4-25(24)36-23/h2,4-12,20,23,26H,1,3,13-17H2. The molecule has 2 unspecified atom stereocenters. The van der Waals surface area contributed by atoms with E-state index in [-0.39, 0.29) is 36.0 Å². The highest BCUT2D eigenvalue weighted by molar-refractivity contribution is 6.31. The molecule has 0 radical (unpaired) electrons. The second kappa shape index (κ2) is 9.87. The lowest BCUT2D eigenvalue weighted by Gasteiger charge is -2.46. The molecule has 6 rings (SSSR count). The van der Waals surface area contributed by atoms with Gasteiger partial charge in [0.25, 0.3) is 0 Å². The van der Waals surface area contributed by atoms with Crippen molar-refractivity contribution in [2.24, 2.45) is 5.92 Å². The number of esters is 2. The van der Waals surface area contributed by atoms with Gasteiger partial charge >= 0.3 is 17.8 Å². The number of carbonyl (C=O) groups is 2. The van der Waals surface area contributed by atoms with Crippen LogP contribution in [-0.2, 0) is 28.5 Å². The van der Waals surface area contributed by atoms with Gasteiger partial charge in [-0.15, -0.1) is 0 Å². The number of hydrogen-bond donors (Lipinski definition) is 0. The summed E-state index contributed by atoms with van der Waals surface area (Å²) in [7, 11) is 0. The van der Waals surface area contributed by atoms with Gasteiger partial charge in [0, 0.05) is 31.8 Å². The van der Waals surface area contributed by atoms with Crippen LogP contribution in [0.4, 0.5) is 8.78 Å². The van der Waals surface area contributed by atoms with E-state index < -0.39 is 17.8 Å². The Morgan fingerprint density at radius 2 is 1.58 bits per heavy atom. The molecule has 2 aromatic rings. The molecule has 0 bridgehead atoms. The van der Waals surface area contributed by atoms with Gasteiger partial charge in [0.05, 0.1) is 0 Å². The van der Waals surface area contributed by atoms with E-state index in [1.165, 1.54) is 24.3 Å². The summed E-state index contributed by atoms with van der Waals surface area (Å²) in [4.78, 5) is 26.4. The number of rotatable bonds is 5. The summed E-state index contributed by atoms with van der Waals surface area (Å²) in [6.45, 7) is 1.08. The van der Waals surface area contributed by atoms with Crippen LogP contribution in [0.2, 0.25) is 0 Å². The summed E-state index contributed by atoms with van der Waals surface area (Å²) in [6, 6.07) is 12.3. The molecule has 3 heterocycles. The molecule has 0 N–H and O–H groups in total. The van der Waals surface area contributed by atoms with Crippen LogP contribution in [-0.4, -0.2) is 48.5 Å². The summed E-state index contributed by atoms with van der Waals surface area (Å²) in [5.41, 5.74) is 1.66. The quantitative estimate of drug-likeness (QED) is 0.421. The van der Waals surface area contributed by atoms with Gasteiger partial charge in [0.1, 0.15) is 30.1 Å². The Kier molecular flexibility index (Phi) is 6.39. The van der Waals surface area contributed by atoms with Crippen molar-refractivity contribution in [3.63, 3.8) is 0 Å². The van der Waals surface area contributed by atoms with Crippen LogP contribution in [0.25, 0.3) is 0 Å². The Morgan fingerprint density at radius 1 is 0.947 bits per heavy atom. The van der Waals surface area contributed by atoms with E-state index in [9.17, 15) is 18.4 Å². The highest BCUT2D eigenvalue weighted by Gasteiger charge is 2.57. The van der Waals surface area contributed by atoms with Gasteiger partial charge in [-0.1, -0.05) is 30.3 Å². The maximum atomic E-state index is 13.8. The molecule has 2 aromatic carbocycles. The minimum absolute atomic E-state index is 0.167. The maximum absolute atomic E-state index is 13.8. The summed E-state index contributed by atoms with van der Waals surface area (Å²) in [5.74, 6) is -3.33. The monoisotopic (exact) mass is 523 g/mol. The first-order valence-corrected chi connectivity index (χ1v) is 12.8. The molecular formula is C29H27F2NO6. The predicted molar refractivity (Wildman–Crippen MR) is 130 cm³/mol. The molecule has 0 aromatic heterocycles. The van der Waals surface area contributed by atoms with Crippen molar-refractivity contribution in [2.75, 3.05) is 19.7 Å². The molecule has 1 spiro atoms. The van der Waals surface area contributed by atoms with E-state index in [2.05, 4.69) is 0 Å². The zero-order valence-corrected chi connectivity index (χ0v) is 20.6. The number of carbonyl (C=O) groups excluding carboxylic acids is 2. The third-order valence-corrected chi connectivity index (χ3v) is 7.62. The molecule has 2 saturated heterocycles. The highest BCUT2D eigenvalue weighted by atomic mass is 19.1. The Bertz CT molecular complexity index is 1230. The molecule has 7 nitrogen and oxygen atoms in total. The Balaban J connectivity index is 1.29. The van der Waals surface area contributed by atoms with Gasteiger partial charge in [-0.2, -0.15) is 0 Å². The average Bonchev–Trinajstić information content (AvgIpc) is 3.20. The largest absolute Gasteiger partial charge is 0.490 e. The van der Waals surface area contributed by atoms with Crippen molar-refractivity contribution >= 4 is 11.9 Å². The minimum Gasteiger partial charge on any atom is -0.490 e. The van der Waals surface area contributed by atoms with E-state index in [1.54, 1.807) is 24.3 Å². The first-order valence-electron chi connectivity index (χ1n) is 12.8. The first-order chi connectivity index (χ1) is 18.4. The lowest BCUT2D eigenvalue weighted by atomic mass is 9.75. The fourth-order valence-corrected chi connectivity index (χ4v) is 5.86. The van der Waals surface area contributed by atoms with Crippen LogP contribution >= 0.6 is 0 Å². The zero-order chi connectivity index (χ0) is 26.3. The second-order valence-corrected chi connectivity index (χ2v) is 10.1. The van der Waals surface area contributed by atoms with Crippen LogP contribution in [0.3, 0.4) is 0 Å². The number of hydrogen-bond acceptors (Lipinski definition) is 7. The fraction of sp³-hybridized carbons (Fsp3) is 0.379. The smallest absolute Gasteiger partial charge is 0.421 e. The Hall–Kier alpha value is -3.72. The van der Waals surface area contributed by atoms with E-state index in [0.717, 1.165) is 29.7 Å². The van der Waals surface area contributed by atoms with Crippen molar-refractivity contribution < 1.29 is 37.3 Å². The van der Waals surface area contributed by atoms with Gasteiger partial charge in [0.15, 0.2) is 5.76 Å². The number of benzene rings is 2. The van der Waals surface area contributed by atoms with Crippen molar-refractivity contribution in [3.05, 3.63) is 95.0 Å². The number of halogens is 2. The minimum atomic E-state index is -1.60. The van der Waals surface area contributed by atoms with Crippen LogP contribution in [0.5, 0.6) is 0 Å². The van der Waals surface area contributed by atoms with Gasteiger partial charge < -0.3 is 18.9 Å². The Labute approximate surface area is 218 Å². The summed E-state index contributed by atoms with van der Waals surface area (Å²) < 4.78 is 50.8. The fourth-order valence-electron chi connectivity index (χ4n) is 5.86. The molecule has 38 heavy (non-hydrogen) atoms. The topological polar surface area (TPSA) is 74.3 Å². The number of ether oxygens (including phenoxy) is 4. The number of nitrogens with zero attached hydrogens (tertiary/aromatic N) is 1. The van der Waals surface area contributed by atoms with Crippen LogP contribution < -0.4 is 0 Å². The van der Waals surface area contributed by atoms with Gasteiger partial charge in [-0.25, -0.2) is 23.3 Å².